The first kappa shape index (κ1) is 16.7. The highest BCUT2D eigenvalue weighted by Gasteiger charge is 2.26. The highest BCUT2D eigenvalue weighted by molar-refractivity contribution is 9.11. The molecule has 3 nitrogen and oxygen atoms in total. The molecule has 0 saturated carbocycles. The number of thiophene rings is 1. The van der Waals surface area contributed by atoms with Crippen molar-refractivity contribution in [1.29, 1.82) is 0 Å². The second-order valence-electron chi connectivity index (χ2n) is 4.85. The lowest BCUT2D eigenvalue weighted by Crippen LogP contribution is -2.30. The lowest BCUT2D eigenvalue weighted by Gasteiger charge is -2.20. The fraction of sp³-hybridized carbons (Fsp3) is 0.333. The molecule has 0 aliphatic rings. The van der Waals surface area contributed by atoms with Gasteiger partial charge in [-0.15, -0.1) is 11.3 Å². The molecule has 114 valence electrons. The highest BCUT2D eigenvalue weighted by Crippen LogP contribution is 2.32. The molecule has 0 atom stereocenters. The van der Waals surface area contributed by atoms with Crippen LogP contribution in [0.5, 0.6) is 0 Å². The van der Waals surface area contributed by atoms with Gasteiger partial charge in [0, 0.05) is 13.1 Å². The molecule has 2 rings (SSSR count). The monoisotopic (exact) mass is 387 g/mol. The number of sulfonamides is 1. The summed E-state index contributed by atoms with van der Waals surface area (Å²) >= 11 is 4.67. The summed E-state index contributed by atoms with van der Waals surface area (Å²) in [5.41, 5.74) is 1.96. The highest BCUT2D eigenvalue weighted by atomic mass is 79.9. The van der Waals surface area contributed by atoms with Crippen LogP contribution in [0.15, 0.2) is 44.4 Å². The molecule has 2 aromatic rings. The summed E-state index contributed by atoms with van der Waals surface area (Å²) in [5.74, 6) is 0. The van der Waals surface area contributed by atoms with Crippen LogP contribution in [0.25, 0.3) is 0 Å². The second kappa shape index (κ2) is 7.05. The summed E-state index contributed by atoms with van der Waals surface area (Å²) in [6, 6.07) is 11.4. The van der Waals surface area contributed by atoms with E-state index in [-0.39, 0.29) is 0 Å². The summed E-state index contributed by atoms with van der Waals surface area (Å²) < 4.78 is 28.4. The van der Waals surface area contributed by atoms with Gasteiger partial charge in [-0.25, -0.2) is 8.42 Å². The van der Waals surface area contributed by atoms with Gasteiger partial charge in [0.05, 0.1) is 3.79 Å². The van der Waals surface area contributed by atoms with Crippen molar-refractivity contribution < 1.29 is 8.42 Å². The topological polar surface area (TPSA) is 37.4 Å². The van der Waals surface area contributed by atoms with Crippen LogP contribution in [0.4, 0.5) is 0 Å². The average molecular weight is 388 g/mol. The van der Waals surface area contributed by atoms with Gasteiger partial charge in [0.15, 0.2) is 0 Å². The summed E-state index contributed by atoms with van der Waals surface area (Å²) in [7, 11) is -3.44. The predicted octanol–water partition coefficient (Wildman–Crippen LogP) is 4.42. The van der Waals surface area contributed by atoms with Gasteiger partial charge in [-0.1, -0.05) is 37.3 Å². The molecule has 0 bridgehead atoms. The van der Waals surface area contributed by atoms with E-state index in [1.54, 1.807) is 10.4 Å². The van der Waals surface area contributed by atoms with Gasteiger partial charge >= 0.3 is 0 Å². The standard InChI is InChI=1S/C15H18BrNO2S2/c1-3-9-17(11-13-7-5-4-6-8-13)21(18,19)14-10-12(2)15(16)20-14/h4-8,10H,3,9,11H2,1-2H3. The Hall–Kier alpha value is -0.690. The Morgan fingerprint density at radius 2 is 1.90 bits per heavy atom. The molecule has 1 aromatic heterocycles. The Morgan fingerprint density at radius 3 is 2.43 bits per heavy atom. The fourth-order valence-corrected chi connectivity index (χ4v) is 5.91. The number of rotatable bonds is 6. The van der Waals surface area contributed by atoms with E-state index in [1.165, 1.54) is 11.3 Å². The molecule has 0 aliphatic heterocycles. The van der Waals surface area contributed by atoms with Crippen LogP contribution in [0.1, 0.15) is 24.5 Å². The van der Waals surface area contributed by atoms with Crippen molar-refractivity contribution >= 4 is 37.3 Å². The SMILES string of the molecule is CCCN(Cc1ccccc1)S(=O)(=O)c1cc(C)c(Br)s1. The minimum atomic E-state index is -3.44. The van der Waals surface area contributed by atoms with Gasteiger partial charge in [0.1, 0.15) is 4.21 Å². The molecule has 0 saturated heterocycles. The molecule has 6 heteroatoms. The average Bonchev–Trinajstić information content (AvgIpc) is 2.80. The third-order valence-corrected chi connectivity index (χ3v) is 7.53. The third kappa shape index (κ3) is 3.94. The summed E-state index contributed by atoms with van der Waals surface area (Å²) in [4.78, 5) is 0. The van der Waals surface area contributed by atoms with Crippen LogP contribution >= 0.6 is 27.3 Å². The lowest BCUT2D eigenvalue weighted by atomic mass is 10.2. The molecule has 21 heavy (non-hydrogen) atoms. The smallest absolute Gasteiger partial charge is 0.206 e. The molecule has 0 spiro atoms. The van der Waals surface area contributed by atoms with Crippen LogP contribution in [0.3, 0.4) is 0 Å². The van der Waals surface area contributed by atoms with Crippen LogP contribution in [0, 0.1) is 6.92 Å². The Bertz CT molecular complexity index is 676. The van der Waals surface area contributed by atoms with Crippen molar-refractivity contribution in [3.05, 3.63) is 51.3 Å². The van der Waals surface area contributed by atoms with E-state index >= 15 is 0 Å². The maximum Gasteiger partial charge on any atom is 0.252 e. The van der Waals surface area contributed by atoms with Crippen LogP contribution in [-0.4, -0.2) is 19.3 Å². The first-order chi connectivity index (χ1) is 9.95. The number of halogens is 1. The molecule has 1 aromatic carbocycles. The zero-order valence-electron chi connectivity index (χ0n) is 12.0. The maximum absolute atomic E-state index is 12.8. The van der Waals surface area contributed by atoms with Gasteiger partial charge in [-0.05, 0) is 46.5 Å². The zero-order valence-corrected chi connectivity index (χ0v) is 15.3. The van der Waals surface area contributed by atoms with Crippen LogP contribution in [0.2, 0.25) is 0 Å². The van der Waals surface area contributed by atoms with Crippen molar-refractivity contribution in [2.24, 2.45) is 0 Å². The number of hydrogen-bond acceptors (Lipinski definition) is 3. The fourth-order valence-electron chi connectivity index (χ4n) is 2.01. The van der Waals surface area contributed by atoms with Gasteiger partial charge in [0.25, 0.3) is 10.0 Å². The van der Waals surface area contributed by atoms with Crippen molar-refractivity contribution in [1.82, 2.24) is 4.31 Å². The van der Waals surface area contributed by atoms with E-state index in [9.17, 15) is 8.42 Å². The molecule has 0 aliphatic carbocycles. The Kier molecular flexibility index (Phi) is 5.60. The summed E-state index contributed by atoms with van der Waals surface area (Å²) in [6.07, 6.45) is 0.789. The first-order valence-electron chi connectivity index (χ1n) is 6.75. The van der Waals surface area contributed by atoms with Crippen molar-refractivity contribution in [3.8, 4) is 0 Å². The Labute approximate surface area is 138 Å². The lowest BCUT2D eigenvalue weighted by molar-refractivity contribution is 0.407. The van der Waals surface area contributed by atoms with E-state index in [0.29, 0.717) is 17.3 Å². The summed E-state index contributed by atoms with van der Waals surface area (Å²) in [6.45, 7) is 4.82. The first-order valence-corrected chi connectivity index (χ1v) is 9.80. The number of benzene rings is 1. The second-order valence-corrected chi connectivity index (χ2v) is 9.38. The molecule has 0 N–H and O–H groups in total. The van der Waals surface area contributed by atoms with E-state index in [4.69, 9.17) is 0 Å². The van der Waals surface area contributed by atoms with E-state index in [0.717, 1.165) is 21.3 Å². The van der Waals surface area contributed by atoms with Crippen LogP contribution < -0.4 is 0 Å². The molecule has 0 radical (unpaired) electrons. The van der Waals surface area contributed by atoms with Gasteiger partial charge in [0.2, 0.25) is 0 Å². The van der Waals surface area contributed by atoms with Crippen molar-refractivity contribution in [2.75, 3.05) is 6.54 Å². The molecule has 0 unspecified atom stereocenters. The minimum Gasteiger partial charge on any atom is -0.206 e. The largest absolute Gasteiger partial charge is 0.252 e. The maximum atomic E-state index is 12.8. The molecule has 1 heterocycles. The quantitative estimate of drug-likeness (QED) is 0.735. The molecular weight excluding hydrogens is 370 g/mol. The summed E-state index contributed by atoms with van der Waals surface area (Å²) in [5, 5.41) is 0. The predicted molar refractivity (Wildman–Crippen MR) is 91.1 cm³/mol. The third-order valence-electron chi connectivity index (χ3n) is 3.10. The molecule has 0 fully saturated rings. The van der Waals surface area contributed by atoms with Crippen molar-refractivity contribution in [3.63, 3.8) is 0 Å². The van der Waals surface area contributed by atoms with E-state index < -0.39 is 10.0 Å². The number of aryl methyl sites for hydroxylation is 1. The van der Waals surface area contributed by atoms with Gasteiger partial charge in [-0.3, -0.25) is 0 Å². The number of nitrogens with zero attached hydrogens (tertiary/aromatic N) is 1. The minimum absolute atomic E-state index is 0.399. The Balaban J connectivity index is 2.32. The Morgan fingerprint density at radius 1 is 1.24 bits per heavy atom. The number of hydrogen-bond donors (Lipinski definition) is 0. The van der Waals surface area contributed by atoms with Crippen LogP contribution in [-0.2, 0) is 16.6 Å². The van der Waals surface area contributed by atoms with Gasteiger partial charge < -0.3 is 0 Å². The normalized spacial score (nSPS) is 12.0. The zero-order chi connectivity index (χ0) is 15.5. The van der Waals surface area contributed by atoms with Crippen molar-refractivity contribution in [2.45, 2.75) is 31.0 Å². The van der Waals surface area contributed by atoms with E-state index in [1.807, 2.05) is 44.2 Å². The molecule has 0 amide bonds. The van der Waals surface area contributed by atoms with Gasteiger partial charge in [-0.2, -0.15) is 4.31 Å². The van der Waals surface area contributed by atoms with E-state index in [2.05, 4.69) is 15.9 Å². The molecular formula is C15H18BrNO2S2.